The molecule has 3 unspecified atom stereocenters. The van der Waals surface area contributed by atoms with Gasteiger partial charge in [0.15, 0.2) is 0 Å². The van der Waals surface area contributed by atoms with Crippen molar-refractivity contribution in [2.45, 2.75) is 296 Å². The summed E-state index contributed by atoms with van der Waals surface area (Å²) in [6, 6.07) is -0.716. The molecular formula is C59H107NO5. The smallest absolute Gasteiger partial charge is 0.306 e. The Balaban J connectivity index is 4.64. The molecule has 0 saturated carbocycles. The van der Waals surface area contributed by atoms with Gasteiger partial charge in [-0.2, -0.15) is 0 Å². The summed E-state index contributed by atoms with van der Waals surface area (Å²) in [5.74, 6) is -0.506. The Kier molecular flexibility index (Phi) is 50.6. The molecule has 6 heteroatoms. The quantitative estimate of drug-likeness (QED) is 0.0321. The number of aliphatic hydroxyl groups excluding tert-OH is 2. The molecule has 0 aromatic heterocycles. The summed E-state index contributed by atoms with van der Waals surface area (Å²) in [5, 5.41) is 23.8. The van der Waals surface area contributed by atoms with Gasteiger partial charge in [0.05, 0.1) is 25.2 Å². The number of allylic oxidation sites excluding steroid dienone is 10. The third-order valence-corrected chi connectivity index (χ3v) is 12.7. The van der Waals surface area contributed by atoms with Gasteiger partial charge in [0.2, 0.25) is 5.91 Å². The summed E-state index contributed by atoms with van der Waals surface area (Å²) >= 11 is 0. The number of hydrogen-bond acceptors (Lipinski definition) is 5. The number of ether oxygens (including phenoxy) is 1. The van der Waals surface area contributed by atoms with Gasteiger partial charge < -0.3 is 20.3 Å². The Morgan fingerprint density at radius 2 is 0.815 bits per heavy atom. The van der Waals surface area contributed by atoms with Crippen LogP contribution in [0, 0.1) is 0 Å². The van der Waals surface area contributed by atoms with Crippen molar-refractivity contribution in [3.63, 3.8) is 0 Å². The number of nitrogens with one attached hydrogen (secondary N) is 1. The molecule has 6 nitrogen and oxygen atoms in total. The predicted octanol–water partition coefficient (Wildman–Crippen LogP) is 17.2. The second-order valence-corrected chi connectivity index (χ2v) is 19.1. The average molecular weight is 911 g/mol. The van der Waals surface area contributed by atoms with Crippen LogP contribution >= 0.6 is 0 Å². The zero-order valence-electron chi connectivity index (χ0n) is 43.1. The summed E-state index contributed by atoms with van der Waals surface area (Å²) in [4.78, 5) is 26.2. The van der Waals surface area contributed by atoms with Gasteiger partial charge >= 0.3 is 5.97 Å². The summed E-state index contributed by atoms with van der Waals surface area (Å²) in [5.41, 5.74) is 0. The predicted molar refractivity (Wildman–Crippen MR) is 282 cm³/mol. The molecule has 0 radical (unpaired) electrons. The van der Waals surface area contributed by atoms with Crippen LogP contribution in [-0.4, -0.2) is 46.9 Å². The number of rotatable bonds is 50. The summed E-state index contributed by atoms with van der Waals surface area (Å²) in [6.45, 7) is 6.41. The van der Waals surface area contributed by atoms with Crippen LogP contribution in [-0.2, 0) is 14.3 Å². The Morgan fingerprint density at radius 3 is 1.25 bits per heavy atom. The largest absolute Gasteiger partial charge is 0.462 e. The Hall–Kier alpha value is -2.44. The second kappa shape index (κ2) is 52.5. The summed E-state index contributed by atoms with van der Waals surface area (Å²) in [6.07, 6.45) is 65.6. The maximum Gasteiger partial charge on any atom is 0.306 e. The lowest BCUT2D eigenvalue weighted by Crippen LogP contribution is -2.46. The Labute approximate surface area is 403 Å². The molecule has 3 atom stereocenters. The molecule has 378 valence electrons. The number of hydrogen-bond donors (Lipinski definition) is 3. The van der Waals surface area contributed by atoms with Gasteiger partial charge in [-0.25, -0.2) is 0 Å². The van der Waals surface area contributed by atoms with E-state index in [1.54, 1.807) is 0 Å². The van der Waals surface area contributed by atoms with E-state index in [4.69, 9.17) is 4.74 Å². The van der Waals surface area contributed by atoms with E-state index >= 15 is 0 Å². The highest BCUT2D eigenvalue weighted by atomic mass is 16.5. The third kappa shape index (κ3) is 47.8. The van der Waals surface area contributed by atoms with Crippen molar-refractivity contribution in [1.82, 2.24) is 5.32 Å². The molecule has 0 aromatic rings. The third-order valence-electron chi connectivity index (χ3n) is 12.7. The topological polar surface area (TPSA) is 95.9 Å². The number of carbonyl (C=O) groups excluding carboxylic acids is 2. The van der Waals surface area contributed by atoms with Crippen LogP contribution in [0.3, 0.4) is 0 Å². The highest BCUT2D eigenvalue weighted by molar-refractivity contribution is 5.77. The van der Waals surface area contributed by atoms with Crippen LogP contribution in [0.4, 0.5) is 0 Å². The normalized spacial score (nSPS) is 13.6. The molecule has 65 heavy (non-hydrogen) atoms. The Morgan fingerprint density at radius 1 is 0.446 bits per heavy atom. The lowest BCUT2D eigenvalue weighted by Gasteiger charge is -2.24. The second-order valence-electron chi connectivity index (χ2n) is 19.1. The molecular weight excluding hydrogens is 803 g/mol. The summed E-state index contributed by atoms with van der Waals surface area (Å²) < 4.78 is 5.94. The van der Waals surface area contributed by atoms with Gasteiger partial charge in [0.1, 0.15) is 6.10 Å². The molecule has 0 aliphatic heterocycles. The molecule has 0 aliphatic carbocycles. The molecule has 0 spiro atoms. The molecule has 1 amide bonds. The van der Waals surface area contributed by atoms with E-state index in [1.807, 2.05) is 30.4 Å². The van der Waals surface area contributed by atoms with E-state index in [0.717, 1.165) is 70.6 Å². The summed E-state index contributed by atoms with van der Waals surface area (Å²) in [7, 11) is 0. The van der Waals surface area contributed by atoms with E-state index in [-0.39, 0.29) is 24.9 Å². The van der Waals surface area contributed by atoms with E-state index in [2.05, 4.69) is 56.5 Å². The first-order valence-electron chi connectivity index (χ1n) is 28.1. The van der Waals surface area contributed by atoms with Crippen LogP contribution < -0.4 is 5.32 Å². The number of unbranched alkanes of at least 4 members (excludes halogenated alkanes) is 32. The lowest BCUT2D eigenvalue weighted by molar-refractivity contribution is -0.151. The first-order valence-corrected chi connectivity index (χ1v) is 28.1. The maximum atomic E-state index is 13.2. The molecule has 0 saturated heterocycles. The fraction of sp³-hybridized carbons (Fsp3) is 0.797. The first kappa shape index (κ1) is 62.6. The van der Waals surface area contributed by atoms with Crippen molar-refractivity contribution >= 4 is 11.9 Å². The van der Waals surface area contributed by atoms with Gasteiger partial charge in [0.25, 0.3) is 0 Å². The fourth-order valence-corrected chi connectivity index (χ4v) is 8.46. The first-order chi connectivity index (χ1) is 32.0. The molecule has 3 N–H and O–H groups in total. The zero-order valence-corrected chi connectivity index (χ0v) is 43.1. The highest BCUT2D eigenvalue weighted by Gasteiger charge is 2.24. The van der Waals surface area contributed by atoms with Crippen molar-refractivity contribution < 1.29 is 24.5 Å². The number of aliphatic hydroxyl groups is 2. The van der Waals surface area contributed by atoms with Crippen LogP contribution in [0.2, 0.25) is 0 Å². The van der Waals surface area contributed by atoms with Crippen molar-refractivity contribution in [2.75, 3.05) is 6.61 Å². The minimum atomic E-state index is -0.800. The zero-order chi connectivity index (χ0) is 47.4. The lowest BCUT2D eigenvalue weighted by atomic mass is 10.0. The van der Waals surface area contributed by atoms with Crippen molar-refractivity contribution in [1.29, 1.82) is 0 Å². The highest BCUT2D eigenvalue weighted by Crippen LogP contribution is 2.18. The van der Waals surface area contributed by atoms with Crippen LogP contribution in [0.5, 0.6) is 0 Å². The van der Waals surface area contributed by atoms with Crippen LogP contribution in [0.1, 0.15) is 278 Å². The minimum absolute atomic E-state index is 0.0508. The minimum Gasteiger partial charge on any atom is -0.462 e. The monoisotopic (exact) mass is 910 g/mol. The molecule has 0 bridgehead atoms. The maximum absolute atomic E-state index is 13.2. The Bertz CT molecular complexity index is 1160. The van der Waals surface area contributed by atoms with Crippen molar-refractivity contribution in [3.8, 4) is 0 Å². The number of carbonyl (C=O) groups is 2. The van der Waals surface area contributed by atoms with E-state index in [1.165, 1.54) is 161 Å². The molecule has 0 heterocycles. The van der Waals surface area contributed by atoms with E-state index < -0.39 is 18.2 Å². The van der Waals surface area contributed by atoms with Crippen LogP contribution in [0.15, 0.2) is 60.8 Å². The van der Waals surface area contributed by atoms with Crippen molar-refractivity contribution in [2.24, 2.45) is 0 Å². The molecule has 0 rings (SSSR count). The number of esters is 1. The van der Waals surface area contributed by atoms with Crippen molar-refractivity contribution in [3.05, 3.63) is 60.8 Å². The SMILES string of the molecule is CCC/C=C/C=C/C=C/C=C/C=C/CCCCCC(CC(=O)NC(CO)C(O)CCCCCCCCCCCCCCCC)OC(=O)CCCCCCCCCCCCCCCCCC. The standard InChI is InChI=1S/C59H107NO5/c1-4-7-10-13-16-19-22-25-28-30-32-35-38-41-44-47-50-55(65-59(64)52-49-46-43-40-37-34-31-29-26-23-20-17-14-11-8-5-2)53-58(63)60-56(54-61)57(62)51-48-45-42-39-36-33-27-24-21-18-15-12-9-6-3/h10,13,16,19,22,25,28,30,32,35,55-57,61-62H,4-9,11-12,14-15,17-18,20-21,23-24,26-27,29,31,33-34,36-54H2,1-3H3,(H,60,63)/b13-10+,19-16+,25-22+,30-28+,35-32+. The fourth-order valence-electron chi connectivity index (χ4n) is 8.46. The van der Waals surface area contributed by atoms with E-state index in [0.29, 0.717) is 19.3 Å². The van der Waals surface area contributed by atoms with Gasteiger partial charge in [-0.3, -0.25) is 9.59 Å². The van der Waals surface area contributed by atoms with E-state index in [9.17, 15) is 19.8 Å². The van der Waals surface area contributed by atoms with Crippen LogP contribution in [0.25, 0.3) is 0 Å². The van der Waals surface area contributed by atoms with Gasteiger partial charge in [-0.05, 0) is 44.9 Å². The van der Waals surface area contributed by atoms with Gasteiger partial charge in [-0.15, -0.1) is 0 Å². The van der Waals surface area contributed by atoms with Gasteiger partial charge in [-0.1, -0.05) is 281 Å². The molecule has 0 fully saturated rings. The number of amides is 1. The molecule has 0 aromatic carbocycles. The molecule has 0 aliphatic rings. The average Bonchev–Trinajstić information content (AvgIpc) is 3.30. The van der Waals surface area contributed by atoms with Gasteiger partial charge in [0, 0.05) is 6.42 Å².